The van der Waals surface area contributed by atoms with Crippen LogP contribution in [0.1, 0.15) is 16.8 Å². The number of aromatic nitrogens is 2. The first-order chi connectivity index (χ1) is 11.3. The lowest BCUT2D eigenvalue weighted by atomic mass is 10.1. The standard InChI is InChI=1S/C19H16N4/c20-12-18-11-19(22-15-21-18)23(13-16-7-3-1-4-8-16)14-17-9-5-2-6-10-17/h1-11,15H,13-14H2. The van der Waals surface area contributed by atoms with Gasteiger partial charge in [-0.2, -0.15) is 5.26 Å². The summed E-state index contributed by atoms with van der Waals surface area (Å²) in [7, 11) is 0. The first-order valence-electron chi connectivity index (χ1n) is 7.40. The van der Waals surface area contributed by atoms with E-state index >= 15 is 0 Å². The Kier molecular flexibility index (Phi) is 4.61. The highest BCUT2D eigenvalue weighted by Crippen LogP contribution is 2.18. The number of nitrogens with zero attached hydrogens (tertiary/aromatic N) is 4. The molecule has 0 aliphatic heterocycles. The van der Waals surface area contributed by atoms with Crippen molar-refractivity contribution >= 4 is 5.82 Å². The molecule has 4 nitrogen and oxygen atoms in total. The summed E-state index contributed by atoms with van der Waals surface area (Å²) in [5.41, 5.74) is 2.77. The van der Waals surface area contributed by atoms with Gasteiger partial charge in [-0.25, -0.2) is 9.97 Å². The Morgan fingerprint density at radius 3 is 1.91 bits per heavy atom. The quantitative estimate of drug-likeness (QED) is 0.723. The molecule has 0 atom stereocenters. The number of benzene rings is 2. The van der Waals surface area contributed by atoms with Crippen LogP contribution in [0.15, 0.2) is 73.1 Å². The molecule has 1 aromatic heterocycles. The summed E-state index contributed by atoms with van der Waals surface area (Å²) in [4.78, 5) is 10.4. The number of hydrogen-bond acceptors (Lipinski definition) is 4. The van der Waals surface area contributed by atoms with Gasteiger partial charge in [0.2, 0.25) is 0 Å². The molecule has 23 heavy (non-hydrogen) atoms. The normalized spacial score (nSPS) is 10.0. The van der Waals surface area contributed by atoms with Gasteiger partial charge in [0.15, 0.2) is 0 Å². The van der Waals surface area contributed by atoms with Gasteiger partial charge in [-0.15, -0.1) is 0 Å². The molecule has 0 aliphatic carbocycles. The lowest BCUT2D eigenvalue weighted by Crippen LogP contribution is -2.23. The molecule has 3 aromatic rings. The van der Waals surface area contributed by atoms with E-state index in [-0.39, 0.29) is 0 Å². The first-order valence-corrected chi connectivity index (χ1v) is 7.40. The Bertz CT molecular complexity index is 753. The Hall–Kier alpha value is -3.19. The van der Waals surface area contributed by atoms with Crippen LogP contribution >= 0.6 is 0 Å². The Morgan fingerprint density at radius 2 is 1.39 bits per heavy atom. The summed E-state index contributed by atoms with van der Waals surface area (Å²) >= 11 is 0. The average Bonchev–Trinajstić information content (AvgIpc) is 2.63. The summed E-state index contributed by atoms with van der Waals surface area (Å²) in [5, 5.41) is 9.06. The van der Waals surface area contributed by atoms with Crippen molar-refractivity contribution in [3.05, 3.63) is 89.9 Å². The fraction of sp³-hybridized carbons (Fsp3) is 0.105. The third-order valence-corrected chi connectivity index (χ3v) is 3.52. The molecule has 0 N–H and O–H groups in total. The predicted octanol–water partition coefficient (Wildman–Crippen LogP) is 3.56. The highest BCUT2D eigenvalue weighted by Gasteiger charge is 2.11. The molecule has 0 radical (unpaired) electrons. The Balaban J connectivity index is 1.90. The van der Waals surface area contributed by atoms with Gasteiger partial charge in [0, 0.05) is 19.2 Å². The van der Waals surface area contributed by atoms with Gasteiger partial charge in [0.25, 0.3) is 0 Å². The van der Waals surface area contributed by atoms with E-state index in [1.54, 1.807) is 6.07 Å². The highest BCUT2D eigenvalue weighted by molar-refractivity contribution is 5.43. The number of nitriles is 1. The maximum Gasteiger partial charge on any atom is 0.145 e. The van der Waals surface area contributed by atoms with E-state index in [1.165, 1.54) is 17.5 Å². The van der Waals surface area contributed by atoms with Crippen molar-refractivity contribution in [2.45, 2.75) is 13.1 Å². The highest BCUT2D eigenvalue weighted by atomic mass is 15.2. The summed E-state index contributed by atoms with van der Waals surface area (Å²) < 4.78 is 0. The van der Waals surface area contributed by atoms with Crippen LogP contribution in [0.5, 0.6) is 0 Å². The second kappa shape index (κ2) is 7.19. The van der Waals surface area contributed by atoms with E-state index in [0.717, 1.165) is 18.9 Å². The van der Waals surface area contributed by atoms with Gasteiger partial charge in [-0.3, -0.25) is 0 Å². The van der Waals surface area contributed by atoms with E-state index in [0.29, 0.717) is 5.69 Å². The van der Waals surface area contributed by atoms with Gasteiger partial charge < -0.3 is 4.90 Å². The molecule has 2 aromatic carbocycles. The van der Waals surface area contributed by atoms with E-state index in [4.69, 9.17) is 5.26 Å². The van der Waals surface area contributed by atoms with Crippen LogP contribution in [-0.4, -0.2) is 9.97 Å². The summed E-state index contributed by atoms with van der Waals surface area (Å²) in [5.74, 6) is 0.754. The Labute approximate surface area is 135 Å². The lowest BCUT2D eigenvalue weighted by molar-refractivity contribution is 0.779. The second-order valence-corrected chi connectivity index (χ2v) is 5.20. The van der Waals surface area contributed by atoms with Crippen LogP contribution in [0.25, 0.3) is 0 Å². The molecular formula is C19H16N4. The molecule has 0 saturated heterocycles. The summed E-state index contributed by atoms with van der Waals surface area (Å²) in [6.07, 6.45) is 1.44. The fourth-order valence-electron chi connectivity index (χ4n) is 2.41. The van der Waals surface area contributed by atoms with Gasteiger partial charge >= 0.3 is 0 Å². The van der Waals surface area contributed by atoms with Gasteiger partial charge in [0.1, 0.15) is 23.9 Å². The van der Waals surface area contributed by atoms with Crippen LogP contribution < -0.4 is 4.90 Å². The van der Waals surface area contributed by atoms with Crippen molar-refractivity contribution in [3.8, 4) is 6.07 Å². The second-order valence-electron chi connectivity index (χ2n) is 5.20. The van der Waals surface area contributed by atoms with E-state index in [2.05, 4.69) is 45.2 Å². The number of hydrogen-bond donors (Lipinski definition) is 0. The molecular weight excluding hydrogens is 284 g/mol. The topological polar surface area (TPSA) is 52.8 Å². The molecule has 0 spiro atoms. The van der Waals surface area contributed by atoms with Gasteiger partial charge in [-0.05, 0) is 11.1 Å². The van der Waals surface area contributed by atoms with Crippen LogP contribution in [0.2, 0.25) is 0 Å². The maximum absolute atomic E-state index is 9.06. The lowest BCUT2D eigenvalue weighted by Gasteiger charge is -2.24. The zero-order chi connectivity index (χ0) is 15.9. The van der Waals surface area contributed by atoms with Crippen molar-refractivity contribution < 1.29 is 0 Å². The van der Waals surface area contributed by atoms with Crippen molar-refractivity contribution in [3.63, 3.8) is 0 Å². The summed E-state index contributed by atoms with van der Waals surface area (Å²) in [6.45, 7) is 1.44. The maximum atomic E-state index is 9.06. The molecule has 112 valence electrons. The van der Waals surface area contributed by atoms with Crippen molar-refractivity contribution in [2.24, 2.45) is 0 Å². The van der Waals surface area contributed by atoms with Crippen LogP contribution in [0, 0.1) is 11.3 Å². The molecule has 3 rings (SSSR count). The molecule has 0 unspecified atom stereocenters. The monoisotopic (exact) mass is 300 g/mol. The van der Waals surface area contributed by atoms with E-state index in [9.17, 15) is 0 Å². The number of rotatable bonds is 5. The zero-order valence-corrected chi connectivity index (χ0v) is 12.6. The molecule has 0 amide bonds. The fourth-order valence-corrected chi connectivity index (χ4v) is 2.41. The largest absolute Gasteiger partial charge is 0.348 e. The molecule has 0 saturated carbocycles. The molecule has 4 heteroatoms. The number of anilines is 1. The minimum atomic E-state index is 0.376. The molecule has 1 heterocycles. The predicted molar refractivity (Wildman–Crippen MR) is 89.5 cm³/mol. The average molecular weight is 300 g/mol. The minimum Gasteiger partial charge on any atom is -0.348 e. The summed E-state index contributed by atoms with van der Waals surface area (Å²) in [6, 6.07) is 24.3. The molecule has 0 aliphatic rings. The van der Waals surface area contributed by atoms with Gasteiger partial charge in [-0.1, -0.05) is 60.7 Å². The van der Waals surface area contributed by atoms with Crippen molar-refractivity contribution in [1.29, 1.82) is 5.26 Å². The van der Waals surface area contributed by atoms with E-state index < -0.39 is 0 Å². The minimum absolute atomic E-state index is 0.376. The van der Waals surface area contributed by atoms with E-state index in [1.807, 2.05) is 36.4 Å². The SMILES string of the molecule is N#Cc1cc(N(Cc2ccccc2)Cc2ccccc2)ncn1. The van der Waals surface area contributed by atoms with Crippen LogP contribution in [-0.2, 0) is 13.1 Å². The van der Waals surface area contributed by atoms with Crippen molar-refractivity contribution in [1.82, 2.24) is 9.97 Å². The molecule has 0 bridgehead atoms. The zero-order valence-electron chi connectivity index (χ0n) is 12.6. The van der Waals surface area contributed by atoms with Crippen LogP contribution in [0.4, 0.5) is 5.82 Å². The van der Waals surface area contributed by atoms with Crippen LogP contribution in [0.3, 0.4) is 0 Å². The molecule has 0 fully saturated rings. The smallest absolute Gasteiger partial charge is 0.145 e. The third kappa shape index (κ3) is 3.92. The third-order valence-electron chi connectivity index (χ3n) is 3.52. The van der Waals surface area contributed by atoms with Crippen molar-refractivity contribution in [2.75, 3.05) is 4.90 Å². The Morgan fingerprint density at radius 1 is 0.826 bits per heavy atom. The first kappa shape index (κ1) is 14.7. The van der Waals surface area contributed by atoms with Gasteiger partial charge in [0.05, 0.1) is 0 Å².